The van der Waals surface area contributed by atoms with E-state index in [-0.39, 0.29) is 0 Å². The third-order valence-electron chi connectivity index (χ3n) is 2.84. The van der Waals surface area contributed by atoms with Crippen molar-refractivity contribution in [2.24, 2.45) is 5.73 Å². The molecular formula is C13H22N2. The van der Waals surface area contributed by atoms with Crippen molar-refractivity contribution in [2.75, 3.05) is 13.1 Å². The zero-order valence-electron chi connectivity index (χ0n) is 9.82. The highest BCUT2D eigenvalue weighted by atomic mass is 15.1. The minimum Gasteiger partial charge on any atom is -0.330 e. The lowest BCUT2D eigenvalue weighted by atomic mass is 10.1. The zero-order valence-corrected chi connectivity index (χ0v) is 9.82. The average molecular weight is 206 g/mol. The molecule has 0 spiro atoms. The molecule has 0 saturated carbocycles. The Hall–Kier alpha value is -0.860. The average Bonchev–Trinajstić information content (AvgIpc) is 2.27. The Morgan fingerprint density at radius 1 is 1.27 bits per heavy atom. The van der Waals surface area contributed by atoms with Gasteiger partial charge in [0, 0.05) is 12.6 Å². The van der Waals surface area contributed by atoms with Crippen LogP contribution in [0.3, 0.4) is 0 Å². The van der Waals surface area contributed by atoms with Crippen LogP contribution in [0.4, 0.5) is 0 Å². The first-order chi connectivity index (χ1) is 7.27. The molecule has 0 fully saturated rings. The molecule has 0 aliphatic heterocycles. The summed E-state index contributed by atoms with van der Waals surface area (Å²) < 4.78 is 0. The van der Waals surface area contributed by atoms with E-state index in [1.165, 1.54) is 5.56 Å². The van der Waals surface area contributed by atoms with Gasteiger partial charge in [-0.1, -0.05) is 37.3 Å². The summed E-state index contributed by atoms with van der Waals surface area (Å²) in [6.07, 6.45) is 1.07. The number of nitrogens with two attached hydrogens (primary N) is 1. The molecule has 84 valence electrons. The quantitative estimate of drug-likeness (QED) is 0.773. The number of hydrogen-bond acceptors (Lipinski definition) is 2. The molecule has 0 bridgehead atoms. The van der Waals surface area contributed by atoms with Crippen LogP contribution in [0.15, 0.2) is 30.3 Å². The Labute approximate surface area is 93.1 Å². The molecule has 0 saturated heterocycles. The lowest BCUT2D eigenvalue weighted by Crippen LogP contribution is -2.33. The highest BCUT2D eigenvalue weighted by Gasteiger charge is 2.10. The molecule has 0 aromatic heterocycles. The van der Waals surface area contributed by atoms with Crippen LogP contribution < -0.4 is 5.73 Å². The molecule has 2 nitrogen and oxygen atoms in total. The number of nitrogens with zero attached hydrogens (tertiary/aromatic N) is 1. The van der Waals surface area contributed by atoms with E-state index in [1.807, 2.05) is 0 Å². The van der Waals surface area contributed by atoms with E-state index in [2.05, 4.69) is 49.1 Å². The Kier molecular flexibility index (Phi) is 5.37. The normalized spacial score (nSPS) is 13.1. The van der Waals surface area contributed by atoms with Gasteiger partial charge in [0.1, 0.15) is 0 Å². The third-order valence-corrected chi connectivity index (χ3v) is 2.84. The van der Waals surface area contributed by atoms with Gasteiger partial charge in [-0.05, 0) is 32.0 Å². The second-order valence-electron chi connectivity index (χ2n) is 3.98. The maximum atomic E-state index is 5.59. The van der Waals surface area contributed by atoms with Gasteiger partial charge >= 0.3 is 0 Å². The fourth-order valence-electron chi connectivity index (χ4n) is 1.82. The smallest absolute Gasteiger partial charge is 0.0236 e. The minimum atomic E-state index is 0.570. The van der Waals surface area contributed by atoms with Gasteiger partial charge in [0.25, 0.3) is 0 Å². The largest absolute Gasteiger partial charge is 0.330 e. The monoisotopic (exact) mass is 206 g/mol. The van der Waals surface area contributed by atoms with E-state index in [0.717, 1.165) is 26.1 Å². The molecule has 1 aromatic rings. The molecule has 0 aliphatic rings. The van der Waals surface area contributed by atoms with Gasteiger partial charge in [0.2, 0.25) is 0 Å². The van der Waals surface area contributed by atoms with Crippen LogP contribution in [-0.2, 0) is 6.54 Å². The topological polar surface area (TPSA) is 29.3 Å². The van der Waals surface area contributed by atoms with Crippen LogP contribution in [0.1, 0.15) is 25.8 Å². The van der Waals surface area contributed by atoms with Crippen molar-refractivity contribution in [3.05, 3.63) is 35.9 Å². The van der Waals surface area contributed by atoms with Crippen molar-refractivity contribution in [2.45, 2.75) is 32.9 Å². The fraction of sp³-hybridized carbons (Fsp3) is 0.538. The second-order valence-corrected chi connectivity index (χ2v) is 3.98. The van der Waals surface area contributed by atoms with E-state index < -0.39 is 0 Å². The van der Waals surface area contributed by atoms with E-state index in [9.17, 15) is 0 Å². The molecule has 1 atom stereocenters. The molecule has 1 aromatic carbocycles. The second kappa shape index (κ2) is 6.59. The maximum absolute atomic E-state index is 5.59. The molecule has 1 unspecified atom stereocenters. The van der Waals surface area contributed by atoms with E-state index >= 15 is 0 Å². The van der Waals surface area contributed by atoms with Crippen LogP contribution in [0.25, 0.3) is 0 Å². The summed E-state index contributed by atoms with van der Waals surface area (Å²) in [5.41, 5.74) is 6.97. The molecule has 0 amide bonds. The van der Waals surface area contributed by atoms with E-state index in [0.29, 0.717) is 6.04 Å². The first kappa shape index (κ1) is 12.2. The van der Waals surface area contributed by atoms with Crippen molar-refractivity contribution in [3.63, 3.8) is 0 Å². The van der Waals surface area contributed by atoms with Crippen molar-refractivity contribution >= 4 is 0 Å². The summed E-state index contributed by atoms with van der Waals surface area (Å²) in [6, 6.07) is 11.2. The minimum absolute atomic E-state index is 0.570. The highest BCUT2D eigenvalue weighted by Crippen LogP contribution is 2.09. The summed E-state index contributed by atoms with van der Waals surface area (Å²) >= 11 is 0. The SMILES string of the molecule is CCN(Cc1ccccc1)C(C)CCN. The molecule has 2 heteroatoms. The summed E-state index contributed by atoms with van der Waals surface area (Å²) in [5.74, 6) is 0. The van der Waals surface area contributed by atoms with Crippen LogP contribution in [0, 0.1) is 0 Å². The zero-order chi connectivity index (χ0) is 11.1. The predicted octanol–water partition coefficient (Wildman–Crippen LogP) is 2.25. The molecule has 0 aliphatic carbocycles. The molecule has 0 heterocycles. The number of benzene rings is 1. The fourth-order valence-corrected chi connectivity index (χ4v) is 1.82. The van der Waals surface area contributed by atoms with Gasteiger partial charge < -0.3 is 5.73 Å². The van der Waals surface area contributed by atoms with Crippen molar-refractivity contribution in [1.82, 2.24) is 4.90 Å². The van der Waals surface area contributed by atoms with E-state index in [1.54, 1.807) is 0 Å². The van der Waals surface area contributed by atoms with Crippen molar-refractivity contribution in [3.8, 4) is 0 Å². The molecule has 0 radical (unpaired) electrons. The van der Waals surface area contributed by atoms with Gasteiger partial charge in [0.15, 0.2) is 0 Å². The first-order valence-electron chi connectivity index (χ1n) is 5.76. The highest BCUT2D eigenvalue weighted by molar-refractivity contribution is 5.14. The summed E-state index contributed by atoms with van der Waals surface area (Å²) in [6.45, 7) is 7.33. The predicted molar refractivity (Wildman–Crippen MR) is 65.7 cm³/mol. The Morgan fingerprint density at radius 3 is 2.47 bits per heavy atom. The summed E-state index contributed by atoms with van der Waals surface area (Å²) in [5, 5.41) is 0. The lowest BCUT2D eigenvalue weighted by molar-refractivity contribution is 0.203. The Morgan fingerprint density at radius 2 is 1.93 bits per heavy atom. The Bertz CT molecular complexity index is 258. The lowest BCUT2D eigenvalue weighted by Gasteiger charge is -2.27. The Balaban J connectivity index is 2.53. The van der Waals surface area contributed by atoms with Crippen LogP contribution in [0.5, 0.6) is 0 Å². The van der Waals surface area contributed by atoms with Gasteiger partial charge in [-0.15, -0.1) is 0 Å². The van der Waals surface area contributed by atoms with Crippen LogP contribution in [0.2, 0.25) is 0 Å². The van der Waals surface area contributed by atoms with E-state index in [4.69, 9.17) is 5.73 Å². The van der Waals surface area contributed by atoms with Gasteiger partial charge in [-0.3, -0.25) is 4.90 Å². The molecule has 2 N–H and O–H groups in total. The van der Waals surface area contributed by atoms with Crippen molar-refractivity contribution < 1.29 is 0 Å². The molecule has 1 rings (SSSR count). The van der Waals surface area contributed by atoms with Crippen LogP contribution in [-0.4, -0.2) is 24.0 Å². The van der Waals surface area contributed by atoms with Crippen LogP contribution >= 0.6 is 0 Å². The molecular weight excluding hydrogens is 184 g/mol. The third kappa shape index (κ3) is 4.02. The summed E-state index contributed by atoms with van der Waals surface area (Å²) in [4.78, 5) is 2.46. The number of hydrogen-bond donors (Lipinski definition) is 1. The van der Waals surface area contributed by atoms with Gasteiger partial charge in [-0.25, -0.2) is 0 Å². The van der Waals surface area contributed by atoms with Gasteiger partial charge in [0.05, 0.1) is 0 Å². The number of rotatable bonds is 6. The first-order valence-corrected chi connectivity index (χ1v) is 5.76. The molecule has 15 heavy (non-hydrogen) atoms. The maximum Gasteiger partial charge on any atom is 0.0236 e. The standard InChI is InChI=1S/C13H22N2/c1-3-15(12(2)9-10-14)11-13-7-5-4-6-8-13/h4-8,12H,3,9-11,14H2,1-2H3. The summed E-state index contributed by atoms with van der Waals surface area (Å²) in [7, 11) is 0. The van der Waals surface area contributed by atoms with Crippen molar-refractivity contribution in [1.29, 1.82) is 0 Å². The van der Waals surface area contributed by atoms with Gasteiger partial charge in [-0.2, -0.15) is 0 Å².